The maximum absolute atomic E-state index is 9.67. The highest BCUT2D eigenvalue weighted by Gasteiger charge is 2.14. The number of nitrogens with zero attached hydrogens (tertiary/aromatic N) is 3. The van der Waals surface area contributed by atoms with Gasteiger partial charge < -0.3 is 25.2 Å². The fraction of sp³-hybridized carbons (Fsp3) is 0.381. The van der Waals surface area contributed by atoms with Crippen molar-refractivity contribution < 1.29 is 14.6 Å². The number of methoxy groups -OCH3 is 2. The molecular weight excluding hydrogens is 406 g/mol. The monoisotopic (exact) mass is 431 g/mol. The summed E-state index contributed by atoms with van der Waals surface area (Å²) in [6, 6.07) is 7.23. The summed E-state index contributed by atoms with van der Waals surface area (Å²) in [5.41, 5.74) is 2.14. The lowest BCUT2D eigenvalue weighted by Gasteiger charge is -2.18. The van der Waals surface area contributed by atoms with E-state index in [9.17, 15) is 5.11 Å². The third-order valence-corrected chi connectivity index (χ3v) is 4.84. The third kappa shape index (κ3) is 5.20. The first-order valence-corrected chi connectivity index (χ1v) is 10.1. The zero-order valence-electron chi connectivity index (χ0n) is 17.3. The van der Waals surface area contributed by atoms with Gasteiger partial charge in [-0.2, -0.15) is 4.98 Å². The quantitative estimate of drug-likeness (QED) is 0.444. The molecule has 0 amide bonds. The van der Waals surface area contributed by atoms with E-state index >= 15 is 0 Å². The zero-order valence-corrected chi connectivity index (χ0v) is 18.0. The van der Waals surface area contributed by atoms with Crippen LogP contribution in [-0.2, 0) is 6.54 Å². The average molecular weight is 432 g/mol. The lowest BCUT2D eigenvalue weighted by molar-refractivity contribution is 0.268. The standard InChI is InChI=1S/C21H26ClN5O3/c1-4-5-15(12-28)25-20-19-17(8-14(22)11-23-19)26-21(27-20)24-10-13-6-7-16(29-2)9-18(13)30-3/h6-9,11,15,28H,4-5,10,12H2,1-3H3,(H2,24,25,26,27). The van der Waals surface area contributed by atoms with Crippen LogP contribution in [-0.4, -0.2) is 46.9 Å². The molecule has 9 heteroatoms. The maximum atomic E-state index is 9.67. The number of aliphatic hydroxyl groups is 1. The van der Waals surface area contributed by atoms with Gasteiger partial charge in [-0.25, -0.2) is 9.97 Å². The number of nitrogens with one attached hydrogen (secondary N) is 2. The number of anilines is 2. The Labute approximate surface area is 180 Å². The van der Waals surface area contributed by atoms with Gasteiger partial charge in [0.05, 0.1) is 37.4 Å². The van der Waals surface area contributed by atoms with E-state index in [1.807, 2.05) is 18.2 Å². The van der Waals surface area contributed by atoms with Crippen LogP contribution in [0, 0.1) is 0 Å². The topological polar surface area (TPSA) is 101 Å². The molecular formula is C21H26ClN5O3. The minimum atomic E-state index is -0.125. The first-order chi connectivity index (χ1) is 14.6. The van der Waals surface area contributed by atoms with E-state index in [1.54, 1.807) is 26.5 Å². The van der Waals surface area contributed by atoms with Gasteiger partial charge in [-0.1, -0.05) is 24.9 Å². The Kier molecular flexibility index (Phi) is 7.48. The second-order valence-corrected chi connectivity index (χ2v) is 7.20. The Morgan fingerprint density at radius 2 is 2.00 bits per heavy atom. The van der Waals surface area contributed by atoms with Crippen LogP contribution in [0.3, 0.4) is 0 Å². The van der Waals surface area contributed by atoms with Crippen molar-refractivity contribution in [1.29, 1.82) is 0 Å². The number of hydrogen-bond donors (Lipinski definition) is 3. The van der Waals surface area contributed by atoms with Crippen molar-refractivity contribution in [2.45, 2.75) is 32.4 Å². The summed E-state index contributed by atoms with van der Waals surface area (Å²) in [5.74, 6) is 2.39. The van der Waals surface area contributed by atoms with Gasteiger partial charge in [0.2, 0.25) is 5.95 Å². The number of hydrogen-bond acceptors (Lipinski definition) is 8. The number of fused-ring (bicyclic) bond motifs is 1. The zero-order chi connectivity index (χ0) is 21.5. The molecule has 160 valence electrons. The van der Waals surface area contributed by atoms with Crippen molar-refractivity contribution >= 4 is 34.4 Å². The van der Waals surface area contributed by atoms with Crippen molar-refractivity contribution in [3.63, 3.8) is 0 Å². The number of pyridine rings is 1. The van der Waals surface area contributed by atoms with E-state index in [4.69, 9.17) is 21.1 Å². The van der Waals surface area contributed by atoms with Crippen molar-refractivity contribution in [3.8, 4) is 11.5 Å². The second-order valence-electron chi connectivity index (χ2n) is 6.76. The molecule has 0 spiro atoms. The summed E-state index contributed by atoms with van der Waals surface area (Å²) in [5, 5.41) is 16.7. The van der Waals surface area contributed by atoms with Gasteiger partial charge in [0.25, 0.3) is 0 Å². The Balaban J connectivity index is 1.90. The maximum Gasteiger partial charge on any atom is 0.225 e. The number of rotatable bonds is 10. The van der Waals surface area contributed by atoms with Gasteiger partial charge in [0, 0.05) is 24.4 Å². The number of ether oxygens (including phenoxy) is 2. The fourth-order valence-electron chi connectivity index (χ4n) is 3.10. The molecule has 3 rings (SSSR count). The van der Waals surface area contributed by atoms with Crippen LogP contribution in [0.2, 0.25) is 5.02 Å². The largest absolute Gasteiger partial charge is 0.497 e. The number of aromatic nitrogens is 3. The van der Waals surface area contributed by atoms with E-state index in [0.29, 0.717) is 40.1 Å². The fourth-order valence-corrected chi connectivity index (χ4v) is 3.25. The minimum Gasteiger partial charge on any atom is -0.497 e. The predicted molar refractivity (Wildman–Crippen MR) is 119 cm³/mol. The van der Waals surface area contributed by atoms with Crippen molar-refractivity contribution in [2.75, 3.05) is 31.5 Å². The van der Waals surface area contributed by atoms with E-state index in [-0.39, 0.29) is 12.6 Å². The molecule has 1 unspecified atom stereocenters. The molecule has 0 saturated heterocycles. The van der Waals surface area contributed by atoms with Gasteiger partial charge in [0.15, 0.2) is 5.82 Å². The van der Waals surface area contributed by atoms with Gasteiger partial charge >= 0.3 is 0 Å². The Morgan fingerprint density at radius 1 is 1.17 bits per heavy atom. The number of aliphatic hydroxyl groups excluding tert-OH is 1. The molecule has 0 aliphatic rings. The minimum absolute atomic E-state index is 0.00126. The molecule has 1 atom stereocenters. The Bertz CT molecular complexity index is 1000. The molecule has 0 aliphatic carbocycles. The van der Waals surface area contributed by atoms with Crippen LogP contribution in [0.15, 0.2) is 30.5 Å². The van der Waals surface area contributed by atoms with E-state index in [0.717, 1.165) is 24.2 Å². The molecule has 0 bridgehead atoms. The molecule has 0 aliphatic heterocycles. The summed E-state index contributed by atoms with van der Waals surface area (Å²) in [7, 11) is 3.23. The summed E-state index contributed by atoms with van der Waals surface area (Å²) in [6.45, 7) is 2.51. The SMILES string of the molecule is CCCC(CO)Nc1nc(NCc2ccc(OC)cc2OC)nc2cc(Cl)cnc12. The van der Waals surface area contributed by atoms with E-state index in [2.05, 4.69) is 32.5 Å². The van der Waals surface area contributed by atoms with E-state index in [1.165, 1.54) is 0 Å². The average Bonchev–Trinajstić information content (AvgIpc) is 2.76. The van der Waals surface area contributed by atoms with Crippen LogP contribution in [0.1, 0.15) is 25.3 Å². The smallest absolute Gasteiger partial charge is 0.225 e. The highest BCUT2D eigenvalue weighted by Crippen LogP contribution is 2.27. The van der Waals surface area contributed by atoms with Crippen LogP contribution in [0.4, 0.5) is 11.8 Å². The first kappa shape index (κ1) is 21.9. The van der Waals surface area contributed by atoms with Gasteiger partial charge in [-0.3, -0.25) is 0 Å². The highest BCUT2D eigenvalue weighted by atomic mass is 35.5. The molecule has 8 nitrogen and oxygen atoms in total. The Morgan fingerprint density at radius 3 is 2.70 bits per heavy atom. The predicted octanol–water partition coefficient (Wildman–Crippen LogP) is 3.88. The Hall–Kier alpha value is -2.84. The molecule has 30 heavy (non-hydrogen) atoms. The molecule has 3 aromatic rings. The number of benzene rings is 1. The highest BCUT2D eigenvalue weighted by molar-refractivity contribution is 6.31. The molecule has 2 heterocycles. The van der Waals surface area contributed by atoms with Gasteiger partial charge in [0.1, 0.15) is 17.0 Å². The normalized spacial score (nSPS) is 11.9. The van der Waals surface area contributed by atoms with Crippen LogP contribution >= 0.6 is 11.6 Å². The van der Waals surface area contributed by atoms with E-state index < -0.39 is 0 Å². The summed E-state index contributed by atoms with van der Waals surface area (Å²) < 4.78 is 10.7. The van der Waals surface area contributed by atoms with Crippen molar-refractivity contribution in [2.24, 2.45) is 0 Å². The van der Waals surface area contributed by atoms with Crippen molar-refractivity contribution in [1.82, 2.24) is 15.0 Å². The summed E-state index contributed by atoms with van der Waals surface area (Å²) in [4.78, 5) is 13.5. The third-order valence-electron chi connectivity index (χ3n) is 4.63. The van der Waals surface area contributed by atoms with Gasteiger partial charge in [-0.15, -0.1) is 0 Å². The lowest BCUT2D eigenvalue weighted by atomic mass is 10.2. The first-order valence-electron chi connectivity index (χ1n) is 9.73. The summed E-state index contributed by atoms with van der Waals surface area (Å²) in [6.07, 6.45) is 3.30. The molecule has 0 saturated carbocycles. The van der Waals surface area contributed by atoms with Crippen LogP contribution in [0.25, 0.3) is 11.0 Å². The second kappa shape index (κ2) is 10.3. The van der Waals surface area contributed by atoms with Crippen LogP contribution < -0.4 is 20.1 Å². The number of halogens is 1. The van der Waals surface area contributed by atoms with Crippen molar-refractivity contribution in [3.05, 3.63) is 41.0 Å². The molecule has 0 radical (unpaired) electrons. The molecule has 0 fully saturated rings. The lowest BCUT2D eigenvalue weighted by Crippen LogP contribution is -2.24. The summed E-state index contributed by atoms with van der Waals surface area (Å²) >= 11 is 6.12. The molecule has 1 aromatic carbocycles. The molecule has 2 aromatic heterocycles. The van der Waals surface area contributed by atoms with Gasteiger partial charge in [-0.05, 0) is 24.6 Å². The van der Waals surface area contributed by atoms with Crippen LogP contribution in [0.5, 0.6) is 11.5 Å². The molecule has 3 N–H and O–H groups in total.